The summed E-state index contributed by atoms with van der Waals surface area (Å²) in [7, 11) is 1.94. The zero-order chi connectivity index (χ0) is 7.72. The largest absolute Gasteiger partial charge is 0.199 e. The summed E-state index contributed by atoms with van der Waals surface area (Å²) in [5.41, 5.74) is 3.70. The molecule has 1 aromatic heterocycles. The Balaban J connectivity index is 3.31. The van der Waals surface area contributed by atoms with Crippen molar-refractivity contribution in [2.75, 3.05) is 0 Å². The average Bonchev–Trinajstić information content (AvgIpc) is 1.82. The van der Waals surface area contributed by atoms with Crippen LogP contribution in [0.3, 0.4) is 0 Å². The van der Waals surface area contributed by atoms with Gasteiger partial charge in [-0.3, -0.25) is 0 Å². The van der Waals surface area contributed by atoms with Gasteiger partial charge in [-0.1, -0.05) is 4.68 Å². The highest BCUT2D eigenvalue weighted by Gasteiger charge is 2.03. The molecule has 0 saturated carbocycles. The van der Waals surface area contributed by atoms with Crippen LogP contribution in [0.15, 0.2) is 6.20 Å². The van der Waals surface area contributed by atoms with Crippen molar-refractivity contribution in [3.63, 3.8) is 0 Å². The smallest absolute Gasteiger partial charge is 0.0935 e. The van der Waals surface area contributed by atoms with Crippen molar-refractivity contribution in [3.05, 3.63) is 23.0 Å². The Morgan fingerprint density at radius 3 is 2.40 bits per heavy atom. The Morgan fingerprint density at radius 2 is 1.90 bits per heavy atom. The molecule has 0 bridgehead atoms. The van der Waals surface area contributed by atoms with Gasteiger partial charge in [-0.15, -0.1) is 0 Å². The van der Waals surface area contributed by atoms with Crippen molar-refractivity contribution < 1.29 is 4.68 Å². The topological polar surface area (TPSA) is 16.8 Å². The Bertz CT molecular complexity index is 230. The van der Waals surface area contributed by atoms with Crippen LogP contribution in [0.25, 0.3) is 0 Å². The molecule has 10 heavy (non-hydrogen) atoms. The highest BCUT2D eigenvalue weighted by molar-refractivity contribution is 5.21. The standard InChI is InChI=1S/C8H13N2/c1-6-5-10(4)9-8(3)7(6)2/h5H,1-4H3/q+1. The second kappa shape index (κ2) is 2.37. The third kappa shape index (κ3) is 1.15. The molecule has 0 saturated heterocycles. The molecule has 0 aliphatic carbocycles. The van der Waals surface area contributed by atoms with Gasteiger partial charge in [-0.2, -0.15) is 0 Å². The first-order valence-electron chi connectivity index (χ1n) is 3.42. The van der Waals surface area contributed by atoms with Crippen LogP contribution < -0.4 is 4.68 Å². The van der Waals surface area contributed by atoms with Crippen LogP contribution >= 0.6 is 0 Å². The Hall–Kier alpha value is -0.920. The normalized spacial score (nSPS) is 10.0. The molecule has 0 fully saturated rings. The zero-order valence-corrected chi connectivity index (χ0v) is 6.97. The van der Waals surface area contributed by atoms with E-state index >= 15 is 0 Å². The molecular weight excluding hydrogens is 124 g/mol. The van der Waals surface area contributed by atoms with Gasteiger partial charge in [0.15, 0.2) is 13.2 Å². The summed E-state index contributed by atoms with van der Waals surface area (Å²) in [6.07, 6.45) is 2.03. The fourth-order valence-electron chi connectivity index (χ4n) is 1.00. The fraction of sp³-hybridized carbons (Fsp3) is 0.500. The summed E-state index contributed by atoms with van der Waals surface area (Å²) in [4.78, 5) is 0. The SMILES string of the molecule is Cc1c[n+](C)nc(C)c1C. The quantitative estimate of drug-likeness (QED) is 0.484. The van der Waals surface area contributed by atoms with E-state index in [9.17, 15) is 0 Å². The molecule has 0 radical (unpaired) electrons. The van der Waals surface area contributed by atoms with Gasteiger partial charge in [0, 0.05) is 5.56 Å². The van der Waals surface area contributed by atoms with Gasteiger partial charge in [0.2, 0.25) is 0 Å². The Morgan fingerprint density at radius 1 is 1.30 bits per heavy atom. The van der Waals surface area contributed by atoms with E-state index in [0.717, 1.165) is 5.69 Å². The number of aromatic nitrogens is 2. The van der Waals surface area contributed by atoms with Gasteiger partial charge in [-0.25, -0.2) is 0 Å². The van der Waals surface area contributed by atoms with Gasteiger partial charge >= 0.3 is 0 Å². The summed E-state index contributed by atoms with van der Waals surface area (Å²) in [5.74, 6) is 0. The highest BCUT2D eigenvalue weighted by atomic mass is 15.2. The second-order valence-electron chi connectivity index (χ2n) is 2.70. The molecule has 0 aliphatic heterocycles. The van der Waals surface area contributed by atoms with E-state index in [1.165, 1.54) is 11.1 Å². The van der Waals surface area contributed by atoms with E-state index < -0.39 is 0 Å². The van der Waals surface area contributed by atoms with Crippen molar-refractivity contribution in [2.24, 2.45) is 7.05 Å². The van der Waals surface area contributed by atoms with Crippen molar-refractivity contribution in [1.82, 2.24) is 5.10 Å². The summed E-state index contributed by atoms with van der Waals surface area (Å²) >= 11 is 0. The summed E-state index contributed by atoms with van der Waals surface area (Å²) in [6.45, 7) is 6.23. The fourth-order valence-corrected chi connectivity index (χ4v) is 1.00. The van der Waals surface area contributed by atoms with Crippen LogP contribution in [0.1, 0.15) is 16.8 Å². The molecule has 2 heteroatoms. The lowest BCUT2D eigenvalue weighted by Gasteiger charge is -1.97. The van der Waals surface area contributed by atoms with Crippen molar-refractivity contribution in [3.8, 4) is 0 Å². The van der Waals surface area contributed by atoms with Crippen LogP contribution in [-0.2, 0) is 7.05 Å². The monoisotopic (exact) mass is 137 g/mol. The maximum absolute atomic E-state index is 4.25. The summed E-state index contributed by atoms with van der Waals surface area (Å²) in [5, 5.41) is 4.25. The lowest BCUT2D eigenvalue weighted by Crippen LogP contribution is -2.34. The predicted molar refractivity (Wildman–Crippen MR) is 39.6 cm³/mol. The van der Waals surface area contributed by atoms with Gasteiger partial charge < -0.3 is 0 Å². The highest BCUT2D eigenvalue weighted by Crippen LogP contribution is 2.04. The molecular formula is C8H13N2+. The minimum atomic E-state index is 1.11. The lowest BCUT2D eigenvalue weighted by atomic mass is 10.1. The second-order valence-corrected chi connectivity index (χ2v) is 2.70. The average molecular weight is 137 g/mol. The number of aryl methyl sites for hydroxylation is 3. The first kappa shape index (κ1) is 7.19. The Labute approximate surface area is 61.5 Å². The molecule has 54 valence electrons. The first-order chi connectivity index (χ1) is 4.61. The molecule has 1 rings (SSSR count). The van der Waals surface area contributed by atoms with Crippen LogP contribution in [0, 0.1) is 20.8 Å². The van der Waals surface area contributed by atoms with Crippen molar-refractivity contribution >= 4 is 0 Å². The molecule has 0 aromatic carbocycles. The van der Waals surface area contributed by atoms with Gasteiger partial charge in [-0.05, 0) is 31.4 Å². The lowest BCUT2D eigenvalue weighted by molar-refractivity contribution is -0.731. The van der Waals surface area contributed by atoms with E-state index in [-0.39, 0.29) is 0 Å². The Kier molecular flexibility index (Phi) is 1.70. The molecule has 2 nitrogen and oxygen atoms in total. The maximum Gasteiger partial charge on any atom is 0.199 e. The van der Waals surface area contributed by atoms with E-state index in [1.54, 1.807) is 0 Å². The van der Waals surface area contributed by atoms with Crippen LogP contribution in [-0.4, -0.2) is 5.10 Å². The molecule has 0 unspecified atom stereocenters. The van der Waals surface area contributed by atoms with Gasteiger partial charge in [0.1, 0.15) is 5.69 Å². The minimum Gasteiger partial charge on any atom is -0.0935 e. The molecule has 0 amide bonds. The van der Waals surface area contributed by atoms with Crippen LogP contribution in [0.4, 0.5) is 0 Å². The van der Waals surface area contributed by atoms with Crippen LogP contribution in [0.5, 0.6) is 0 Å². The zero-order valence-electron chi connectivity index (χ0n) is 6.97. The molecule has 0 N–H and O–H groups in total. The van der Waals surface area contributed by atoms with Gasteiger partial charge in [0.05, 0.1) is 0 Å². The number of hydrogen-bond acceptors (Lipinski definition) is 1. The first-order valence-corrected chi connectivity index (χ1v) is 3.42. The van der Waals surface area contributed by atoms with E-state index in [1.807, 2.05) is 24.9 Å². The van der Waals surface area contributed by atoms with E-state index in [2.05, 4.69) is 18.9 Å². The molecule has 0 spiro atoms. The van der Waals surface area contributed by atoms with Crippen molar-refractivity contribution in [1.29, 1.82) is 0 Å². The number of nitrogens with zero attached hydrogens (tertiary/aromatic N) is 2. The number of rotatable bonds is 0. The number of hydrogen-bond donors (Lipinski definition) is 0. The van der Waals surface area contributed by atoms with E-state index in [0.29, 0.717) is 0 Å². The summed E-state index contributed by atoms with van der Waals surface area (Å²) in [6, 6.07) is 0. The summed E-state index contributed by atoms with van der Waals surface area (Å²) < 4.78 is 1.84. The molecule has 1 aromatic rings. The van der Waals surface area contributed by atoms with Gasteiger partial charge in [0.25, 0.3) is 0 Å². The molecule has 1 heterocycles. The van der Waals surface area contributed by atoms with E-state index in [4.69, 9.17) is 0 Å². The molecule has 0 aliphatic rings. The third-order valence-corrected chi connectivity index (χ3v) is 1.82. The minimum absolute atomic E-state index is 1.11. The van der Waals surface area contributed by atoms with Crippen LogP contribution in [0.2, 0.25) is 0 Å². The van der Waals surface area contributed by atoms with Crippen molar-refractivity contribution in [2.45, 2.75) is 20.8 Å². The third-order valence-electron chi connectivity index (χ3n) is 1.82. The molecule has 0 atom stereocenters. The maximum atomic E-state index is 4.25. The predicted octanol–water partition coefficient (Wildman–Crippen LogP) is 0.831.